The highest BCUT2D eigenvalue weighted by Gasteiger charge is 2.35. The summed E-state index contributed by atoms with van der Waals surface area (Å²) in [5.41, 5.74) is 0.283. The van der Waals surface area contributed by atoms with E-state index in [9.17, 15) is 9.59 Å². The first-order valence-electron chi connectivity index (χ1n) is 6.69. The van der Waals surface area contributed by atoms with E-state index in [1.807, 2.05) is 4.90 Å². The molecule has 2 fully saturated rings. The van der Waals surface area contributed by atoms with Crippen molar-refractivity contribution in [2.45, 2.75) is 31.7 Å². The molecule has 3 rings (SSSR count). The minimum Gasteiger partial charge on any atom is -0.346 e. The van der Waals surface area contributed by atoms with Crippen LogP contribution in [0.1, 0.15) is 36.2 Å². The van der Waals surface area contributed by atoms with Crippen LogP contribution in [0.25, 0.3) is 0 Å². The minimum atomic E-state index is -0.237. The molecule has 1 unspecified atom stereocenters. The first-order chi connectivity index (χ1) is 9.24. The third kappa shape index (κ3) is 2.74. The van der Waals surface area contributed by atoms with Crippen molar-refractivity contribution in [2.75, 3.05) is 13.1 Å². The number of likely N-dealkylation sites (tertiary alicyclic amines) is 1. The van der Waals surface area contributed by atoms with Gasteiger partial charge in [0.1, 0.15) is 0 Å². The van der Waals surface area contributed by atoms with Crippen LogP contribution < -0.4 is 5.32 Å². The molecule has 1 aliphatic heterocycles. The zero-order valence-electron chi connectivity index (χ0n) is 10.6. The Balaban J connectivity index is 1.56. The molecule has 1 saturated heterocycles. The molecular formula is C12H17N5O2. The summed E-state index contributed by atoms with van der Waals surface area (Å²) >= 11 is 0. The van der Waals surface area contributed by atoms with Crippen LogP contribution in [0.2, 0.25) is 0 Å². The second kappa shape index (κ2) is 4.99. The Morgan fingerprint density at radius 2 is 2.21 bits per heavy atom. The lowest BCUT2D eigenvalue weighted by atomic mass is 10.0. The molecular weight excluding hydrogens is 246 g/mol. The third-order valence-corrected chi connectivity index (χ3v) is 3.64. The van der Waals surface area contributed by atoms with Gasteiger partial charge < -0.3 is 10.2 Å². The molecule has 7 heteroatoms. The van der Waals surface area contributed by atoms with E-state index in [1.54, 1.807) is 0 Å². The molecule has 1 aromatic rings. The van der Waals surface area contributed by atoms with E-state index < -0.39 is 0 Å². The van der Waals surface area contributed by atoms with E-state index in [1.165, 1.54) is 6.20 Å². The van der Waals surface area contributed by atoms with Gasteiger partial charge in [0.2, 0.25) is 5.91 Å². The van der Waals surface area contributed by atoms with Crippen molar-refractivity contribution in [1.29, 1.82) is 0 Å². The number of nitrogens with one attached hydrogen (secondary N) is 2. The highest BCUT2D eigenvalue weighted by molar-refractivity contribution is 5.92. The Hall–Kier alpha value is -1.92. The van der Waals surface area contributed by atoms with Gasteiger partial charge in [0.15, 0.2) is 5.69 Å². The second-order valence-electron chi connectivity index (χ2n) is 5.23. The van der Waals surface area contributed by atoms with Crippen LogP contribution >= 0.6 is 0 Å². The molecule has 0 radical (unpaired) electrons. The standard InChI is InChI=1S/C12H17N5O2/c18-11(10-6-13-16-15-10)14-9-2-1-5-17(7-9)12(19)8-3-4-8/h6,8-9H,1-5,7H2,(H,14,18)(H,13,15,16). The molecule has 0 bridgehead atoms. The Morgan fingerprint density at radius 3 is 2.89 bits per heavy atom. The van der Waals surface area contributed by atoms with Gasteiger partial charge in [-0.1, -0.05) is 0 Å². The fraction of sp³-hybridized carbons (Fsp3) is 0.667. The monoisotopic (exact) mass is 263 g/mol. The number of amides is 2. The summed E-state index contributed by atoms with van der Waals surface area (Å²) in [7, 11) is 0. The number of rotatable bonds is 3. The van der Waals surface area contributed by atoms with Crippen molar-refractivity contribution in [3.8, 4) is 0 Å². The van der Waals surface area contributed by atoms with Crippen molar-refractivity contribution in [2.24, 2.45) is 5.92 Å². The smallest absolute Gasteiger partial charge is 0.273 e. The lowest BCUT2D eigenvalue weighted by molar-refractivity contribution is -0.133. The van der Waals surface area contributed by atoms with Gasteiger partial charge in [-0.25, -0.2) is 0 Å². The Kier molecular flexibility index (Phi) is 3.18. The van der Waals surface area contributed by atoms with Gasteiger partial charge in [-0.15, -0.1) is 0 Å². The summed E-state index contributed by atoms with van der Waals surface area (Å²) in [4.78, 5) is 25.7. The molecule has 0 aromatic carbocycles. The van der Waals surface area contributed by atoms with Gasteiger partial charge in [-0.05, 0) is 25.7 Å². The maximum absolute atomic E-state index is 12.0. The predicted octanol–water partition coefficient (Wildman–Crippen LogP) is -0.0645. The average Bonchev–Trinajstić information content (AvgIpc) is 3.12. The Bertz CT molecular complexity index is 468. The number of aromatic nitrogens is 3. The summed E-state index contributed by atoms with van der Waals surface area (Å²) in [5, 5.41) is 12.7. The van der Waals surface area contributed by atoms with Crippen LogP contribution in [-0.2, 0) is 4.79 Å². The summed E-state index contributed by atoms with van der Waals surface area (Å²) in [6.07, 6.45) is 5.27. The summed E-state index contributed by atoms with van der Waals surface area (Å²) in [6.45, 7) is 1.42. The van der Waals surface area contributed by atoms with E-state index in [4.69, 9.17) is 0 Å². The van der Waals surface area contributed by atoms with Crippen LogP contribution in [0, 0.1) is 5.92 Å². The number of piperidine rings is 1. The van der Waals surface area contributed by atoms with Crippen molar-refractivity contribution < 1.29 is 9.59 Å². The van der Waals surface area contributed by atoms with Gasteiger partial charge >= 0.3 is 0 Å². The Labute approximate surface area is 110 Å². The normalized spacial score (nSPS) is 23.2. The SMILES string of the molecule is O=C(NC1CCCN(C(=O)C2CC2)C1)c1cn[nH]n1. The van der Waals surface area contributed by atoms with Crippen LogP contribution in [0.4, 0.5) is 0 Å². The molecule has 1 aromatic heterocycles. The van der Waals surface area contributed by atoms with Gasteiger partial charge in [0, 0.05) is 25.0 Å². The molecule has 2 heterocycles. The third-order valence-electron chi connectivity index (χ3n) is 3.64. The van der Waals surface area contributed by atoms with Crippen LogP contribution in [0.15, 0.2) is 6.20 Å². The molecule has 7 nitrogen and oxygen atoms in total. The van der Waals surface area contributed by atoms with Crippen molar-refractivity contribution in [1.82, 2.24) is 25.6 Å². The topological polar surface area (TPSA) is 91.0 Å². The lowest BCUT2D eigenvalue weighted by Gasteiger charge is -2.33. The van der Waals surface area contributed by atoms with Gasteiger partial charge in [0.25, 0.3) is 5.91 Å². The number of carbonyl (C=O) groups is 2. The molecule has 1 atom stereocenters. The van der Waals surface area contributed by atoms with Crippen LogP contribution in [0.3, 0.4) is 0 Å². The first-order valence-corrected chi connectivity index (χ1v) is 6.69. The van der Waals surface area contributed by atoms with Gasteiger partial charge in [0.05, 0.1) is 6.20 Å². The molecule has 102 valence electrons. The molecule has 1 saturated carbocycles. The second-order valence-corrected chi connectivity index (χ2v) is 5.23. The number of carbonyl (C=O) groups excluding carboxylic acids is 2. The lowest BCUT2D eigenvalue weighted by Crippen LogP contribution is -2.50. The predicted molar refractivity (Wildman–Crippen MR) is 66.2 cm³/mol. The molecule has 1 aliphatic carbocycles. The van der Waals surface area contributed by atoms with E-state index in [0.29, 0.717) is 6.54 Å². The highest BCUT2D eigenvalue weighted by atomic mass is 16.2. The minimum absolute atomic E-state index is 0.0145. The number of H-pyrrole nitrogens is 1. The maximum atomic E-state index is 12.0. The fourth-order valence-electron chi connectivity index (χ4n) is 2.45. The van der Waals surface area contributed by atoms with Gasteiger partial charge in [-0.3, -0.25) is 9.59 Å². The summed E-state index contributed by atoms with van der Waals surface area (Å²) in [6, 6.07) is 0.0145. The van der Waals surface area contributed by atoms with E-state index in [-0.39, 0.29) is 29.5 Å². The average molecular weight is 263 g/mol. The van der Waals surface area contributed by atoms with Crippen LogP contribution in [0.5, 0.6) is 0 Å². The zero-order valence-corrected chi connectivity index (χ0v) is 10.6. The zero-order chi connectivity index (χ0) is 13.2. The quantitative estimate of drug-likeness (QED) is 0.799. The number of hydrogen-bond donors (Lipinski definition) is 2. The van der Waals surface area contributed by atoms with E-state index >= 15 is 0 Å². The van der Waals surface area contributed by atoms with Crippen LogP contribution in [-0.4, -0.2) is 51.3 Å². The number of nitrogens with zero attached hydrogens (tertiary/aromatic N) is 3. The largest absolute Gasteiger partial charge is 0.346 e. The Morgan fingerprint density at radius 1 is 1.37 bits per heavy atom. The van der Waals surface area contributed by atoms with Crippen molar-refractivity contribution in [3.05, 3.63) is 11.9 Å². The summed E-state index contributed by atoms with van der Waals surface area (Å²) < 4.78 is 0. The molecule has 2 aliphatic rings. The van der Waals surface area contributed by atoms with E-state index in [2.05, 4.69) is 20.7 Å². The van der Waals surface area contributed by atoms with Crippen molar-refractivity contribution in [3.63, 3.8) is 0 Å². The van der Waals surface area contributed by atoms with E-state index in [0.717, 1.165) is 32.2 Å². The molecule has 2 amide bonds. The highest BCUT2D eigenvalue weighted by Crippen LogP contribution is 2.31. The van der Waals surface area contributed by atoms with Crippen molar-refractivity contribution >= 4 is 11.8 Å². The molecule has 0 spiro atoms. The molecule has 2 N–H and O–H groups in total. The molecule has 19 heavy (non-hydrogen) atoms. The number of hydrogen-bond acceptors (Lipinski definition) is 4. The first kappa shape index (κ1) is 12.1. The maximum Gasteiger partial charge on any atom is 0.273 e. The number of aromatic amines is 1. The van der Waals surface area contributed by atoms with Gasteiger partial charge in [-0.2, -0.15) is 15.4 Å². The summed E-state index contributed by atoms with van der Waals surface area (Å²) in [5.74, 6) is 0.254. The fourth-order valence-corrected chi connectivity index (χ4v) is 2.45.